The van der Waals surface area contributed by atoms with Gasteiger partial charge in [0.25, 0.3) is 0 Å². The predicted molar refractivity (Wildman–Crippen MR) is 118 cm³/mol. The van der Waals surface area contributed by atoms with Crippen molar-refractivity contribution in [2.45, 2.75) is 88.7 Å². The van der Waals surface area contributed by atoms with Gasteiger partial charge in [-0.3, -0.25) is 4.90 Å². The Morgan fingerprint density at radius 1 is 1.16 bits per heavy atom. The highest BCUT2D eigenvalue weighted by Gasteiger charge is 2.57. The first-order valence-corrected chi connectivity index (χ1v) is 13.0. The average Bonchev–Trinajstić information content (AvgIpc) is 3.11. The van der Waals surface area contributed by atoms with Gasteiger partial charge in [-0.05, 0) is 68.1 Å². The second-order valence-corrected chi connectivity index (χ2v) is 11.5. The van der Waals surface area contributed by atoms with Gasteiger partial charge >= 0.3 is 0 Å². The van der Waals surface area contributed by atoms with Gasteiger partial charge in [0.05, 0.1) is 18.8 Å². The van der Waals surface area contributed by atoms with Crippen LogP contribution in [0.2, 0.25) is 0 Å². The second-order valence-electron chi connectivity index (χ2n) is 11.5. The van der Waals surface area contributed by atoms with Crippen LogP contribution in [0.15, 0.2) is 0 Å². The molecule has 5 nitrogen and oxygen atoms in total. The number of piperidine rings is 2. The van der Waals surface area contributed by atoms with E-state index in [0.29, 0.717) is 54.7 Å². The maximum absolute atomic E-state index is 15.0. The zero-order valence-electron chi connectivity index (χ0n) is 19.4. The molecule has 0 amide bonds. The van der Waals surface area contributed by atoms with Crippen molar-refractivity contribution in [3.8, 4) is 0 Å². The summed E-state index contributed by atoms with van der Waals surface area (Å²) in [5.41, 5.74) is -0.688. The number of aliphatic hydroxyl groups excluding tert-OH is 1. The summed E-state index contributed by atoms with van der Waals surface area (Å²) >= 11 is 0. The molecular formula is C25H43FN2O3. The molecule has 4 heterocycles. The summed E-state index contributed by atoms with van der Waals surface area (Å²) in [6.07, 6.45) is 5.81. The van der Waals surface area contributed by atoms with Crippen LogP contribution in [0.4, 0.5) is 4.39 Å². The topological polar surface area (TPSA) is 65.0 Å². The van der Waals surface area contributed by atoms with Gasteiger partial charge in [-0.2, -0.15) is 0 Å². The monoisotopic (exact) mass is 438 g/mol. The molecule has 10 unspecified atom stereocenters. The first-order valence-electron chi connectivity index (χ1n) is 13.0. The molecule has 11 atom stereocenters. The summed E-state index contributed by atoms with van der Waals surface area (Å²) in [6.45, 7) is 7.86. The number of fused-ring (bicyclic) bond motifs is 5. The molecule has 0 aromatic rings. The van der Waals surface area contributed by atoms with Gasteiger partial charge in [0.15, 0.2) is 0 Å². The number of nitrogens with zero attached hydrogens (tertiary/aromatic N) is 1. The lowest BCUT2D eigenvalue weighted by Crippen LogP contribution is -2.63. The number of aliphatic hydroxyl groups is 2. The highest BCUT2D eigenvalue weighted by molar-refractivity contribution is 5.11. The molecule has 1 aliphatic carbocycles. The van der Waals surface area contributed by atoms with Gasteiger partial charge in [-0.25, -0.2) is 4.39 Å². The zero-order valence-corrected chi connectivity index (χ0v) is 19.4. The lowest BCUT2D eigenvalue weighted by atomic mass is 9.62. The predicted octanol–water partition coefficient (Wildman–Crippen LogP) is 2.60. The third kappa shape index (κ3) is 3.88. The van der Waals surface area contributed by atoms with Gasteiger partial charge in [-0.15, -0.1) is 0 Å². The lowest BCUT2D eigenvalue weighted by Gasteiger charge is -2.53. The van der Waals surface area contributed by atoms with Gasteiger partial charge < -0.3 is 20.3 Å². The van der Waals surface area contributed by atoms with E-state index in [9.17, 15) is 10.2 Å². The van der Waals surface area contributed by atoms with Crippen molar-refractivity contribution in [3.63, 3.8) is 0 Å². The Labute approximate surface area is 187 Å². The normalized spacial score (nSPS) is 52.2. The lowest BCUT2D eigenvalue weighted by molar-refractivity contribution is -0.176. The van der Waals surface area contributed by atoms with Crippen LogP contribution in [0.3, 0.4) is 0 Å². The van der Waals surface area contributed by atoms with Crippen molar-refractivity contribution in [1.82, 2.24) is 10.2 Å². The highest BCUT2D eigenvalue weighted by atomic mass is 19.1. The fraction of sp³-hybridized carbons (Fsp3) is 1.00. The van der Waals surface area contributed by atoms with Crippen LogP contribution in [0.5, 0.6) is 0 Å². The van der Waals surface area contributed by atoms with E-state index in [1.807, 2.05) is 0 Å². The smallest absolute Gasteiger partial charge is 0.104 e. The zero-order chi connectivity index (χ0) is 21.8. The van der Waals surface area contributed by atoms with E-state index in [-0.39, 0.29) is 18.6 Å². The Morgan fingerprint density at radius 3 is 2.74 bits per heavy atom. The molecule has 178 valence electrons. The Hall–Kier alpha value is -0.270. The molecule has 5 aliphatic rings. The Bertz CT molecular complexity index is 638. The van der Waals surface area contributed by atoms with Crippen LogP contribution in [0, 0.1) is 35.5 Å². The highest BCUT2D eigenvalue weighted by Crippen LogP contribution is 2.50. The minimum Gasteiger partial charge on any atom is -0.396 e. The molecule has 0 aromatic carbocycles. The van der Waals surface area contributed by atoms with Crippen LogP contribution in [0.25, 0.3) is 0 Å². The van der Waals surface area contributed by atoms with Crippen molar-refractivity contribution in [3.05, 3.63) is 0 Å². The third-order valence-electron chi connectivity index (χ3n) is 10.1. The van der Waals surface area contributed by atoms with Crippen molar-refractivity contribution < 1.29 is 19.3 Å². The first-order chi connectivity index (χ1) is 14.9. The molecule has 4 aliphatic heterocycles. The van der Waals surface area contributed by atoms with Gasteiger partial charge in [0.2, 0.25) is 0 Å². The van der Waals surface area contributed by atoms with Crippen LogP contribution >= 0.6 is 0 Å². The largest absolute Gasteiger partial charge is 0.396 e. The van der Waals surface area contributed by atoms with Crippen molar-refractivity contribution >= 4 is 0 Å². The van der Waals surface area contributed by atoms with Crippen LogP contribution < -0.4 is 5.32 Å². The molecule has 0 spiro atoms. The maximum atomic E-state index is 15.0. The number of unbranched alkanes of at least 4 members (excludes halogenated alkanes) is 1. The fourth-order valence-electron chi connectivity index (χ4n) is 8.32. The Balaban J connectivity index is 1.32. The molecule has 6 heteroatoms. The quantitative estimate of drug-likeness (QED) is 0.576. The Kier molecular flexibility index (Phi) is 6.41. The van der Waals surface area contributed by atoms with Gasteiger partial charge in [-0.1, -0.05) is 20.3 Å². The van der Waals surface area contributed by atoms with E-state index in [1.54, 1.807) is 0 Å². The van der Waals surface area contributed by atoms with Crippen LogP contribution in [-0.4, -0.2) is 77.9 Å². The first kappa shape index (κ1) is 22.5. The van der Waals surface area contributed by atoms with Gasteiger partial charge in [0.1, 0.15) is 6.17 Å². The molecule has 4 saturated heterocycles. The molecule has 5 rings (SSSR count). The van der Waals surface area contributed by atoms with E-state index in [1.165, 1.54) is 6.42 Å². The molecule has 3 N–H and O–H groups in total. The number of hydrogen-bond donors (Lipinski definition) is 3. The number of alkyl halides is 1. The summed E-state index contributed by atoms with van der Waals surface area (Å²) in [5.74, 6) is 2.48. The van der Waals surface area contributed by atoms with E-state index in [4.69, 9.17) is 4.74 Å². The average molecular weight is 439 g/mol. The van der Waals surface area contributed by atoms with Crippen LogP contribution in [0.1, 0.15) is 58.8 Å². The SMILES string of the molecule is CC[C@@]1(O)COCC2CN3CC4CC5C(CC(F)C(C)C5CCCCO)NC4C3CC21. The number of rotatable bonds is 5. The summed E-state index contributed by atoms with van der Waals surface area (Å²) in [6, 6.07) is 1.18. The second kappa shape index (κ2) is 8.83. The summed E-state index contributed by atoms with van der Waals surface area (Å²) in [7, 11) is 0. The third-order valence-corrected chi connectivity index (χ3v) is 10.1. The van der Waals surface area contributed by atoms with E-state index < -0.39 is 11.8 Å². The molecule has 1 saturated carbocycles. The molecular weight excluding hydrogens is 395 g/mol. The summed E-state index contributed by atoms with van der Waals surface area (Å²) < 4.78 is 20.8. The van der Waals surface area contributed by atoms with E-state index in [0.717, 1.165) is 51.8 Å². The standard InChI is InChI=1S/C25H43FN2O3/c1-3-25(30)14-31-13-17-12-28-11-16-8-19-18(6-4-5-7-29)15(2)21(26)10-22(19)27-24(16)23(28)9-20(17)25/h15-24,27,29-30H,3-14H2,1-2H3/t15?,16?,17?,18?,19?,20?,21?,22?,23?,24?,25-/m1/s1. The fourth-order valence-corrected chi connectivity index (χ4v) is 8.32. The van der Waals surface area contributed by atoms with Crippen LogP contribution in [-0.2, 0) is 4.74 Å². The van der Waals surface area contributed by atoms with Crippen molar-refractivity contribution in [1.29, 1.82) is 0 Å². The molecule has 31 heavy (non-hydrogen) atoms. The summed E-state index contributed by atoms with van der Waals surface area (Å²) in [5, 5.41) is 24.4. The number of halogens is 1. The number of hydrogen-bond acceptors (Lipinski definition) is 5. The van der Waals surface area contributed by atoms with Crippen molar-refractivity contribution in [2.75, 3.05) is 32.9 Å². The minimum absolute atomic E-state index is 0.127. The van der Waals surface area contributed by atoms with Gasteiger partial charge in [0, 0.05) is 43.7 Å². The minimum atomic E-state index is -0.724. The maximum Gasteiger partial charge on any atom is 0.104 e. The van der Waals surface area contributed by atoms with E-state index >= 15 is 4.39 Å². The number of ether oxygens (including phenoxy) is 1. The van der Waals surface area contributed by atoms with Crippen molar-refractivity contribution in [2.24, 2.45) is 35.5 Å². The molecule has 5 fully saturated rings. The summed E-state index contributed by atoms with van der Waals surface area (Å²) in [4.78, 5) is 2.67. The molecule has 0 bridgehead atoms. The molecule has 0 radical (unpaired) electrons. The molecule has 0 aromatic heterocycles. The van der Waals surface area contributed by atoms with E-state index in [2.05, 4.69) is 24.1 Å². The Morgan fingerprint density at radius 2 is 1.97 bits per heavy atom. The number of nitrogens with one attached hydrogen (secondary N) is 1.